The van der Waals surface area contributed by atoms with Gasteiger partial charge in [-0.05, 0) is 38.0 Å². The molecule has 0 heterocycles. The number of carboxylic acids is 1. The molecule has 0 bridgehead atoms. The van der Waals surface area contributed by atoms with Crippen molar-refractivity contribution in [1.82, 2.24) is 0 Å². The van der Waals surface area contributed by atoms with Crippen molar-refractivity contribution in [3.63, 3.8) is 0 Å². The maximum atomic E-state index is 13.2. The molecular formula is C11H13FO2. The van der Waals surface area contributed by atoms with Crippen LogP contribution >= 0.6 is 0 Å². The summed E-state index contributed by atoms with van der Waals surface area (Å²) < 4.78 is 13.2. The van der Waals surface area contributed by atoms with Crippen molar-refractivity contribution in [2.75, 3.05) is 0 Å². The Kier molecular flexibility index (Phi) is 2.60. The number of aliphatic carboxylic acids is 1. The molecule has 1 aromatic carbocycles. The fraction of sp³-hybridized carbons (Fsp3) is 0.364. The van der Waals surface area contributed by atoms with Gasteiger partial charge in [0, 0.05) is 0 Å². The first-order valence-electron chi connectivity index (χ1n) is 4.35. The van der Waals surface area contributed by atoms with E-state index in [2.05, 4.69) is 0 Å². The van der Waals surface area contributed by atoms with Gasteiger partial charge in [-0.3, -0.25) is 4.79 Å². The number of carboxylic acid groups (broad SMARTS) is 1. The Hall–Kier alpha value is -1.38. The van der Waals surface area contributed by atoms with Crippen molar-refractivity contribution >= 4 is 5.97 Å². The van der Waals surface area contributed by atoms with E-state index in [9.17, 15) is 9.18 Å². The highest BCUT2D eigenvalue weighted by Gasteiger charge is 2.29. The molecule has 3 heteroatoms. The van der Waals surface area contributed by atoms with Crippen LogP contribution in [0.5, 0.6) is 0 Å². The van der Waals surface area contributed by atoms with Gasteiger partial charge < -0.3 is 5.11 Å². The Morgan fingerprint density at radius 1 is 1.43 bits per heavy atom. The third kappa shape index (κ3) is 1.76. The molecular weight excluding hydrogens is 183 g/mol. The van der Waals surface area contributed by atoms with Crippen LogP contribution in [-0.4, -0.2) is 11.1 Å². The molecule has 0 saturated heterocycles. The van der Waals surface area contributed by atoms with Crippen LogP contribution in [0.3, 0.4) is 0 Å². The van der Waals surface area contributed by atoms with Gasteiger partial charge >= 0.3 is 5.97 Å². The van der Waals surface area contributed by atoms with E-state index in [4.69, 9.17) is 5.11 Å². The fourth-order valence-corrected chi connectivity index (χ4v) is 1.11. The molecule has 0 aliphatic carbocycles. The second-order valence-corrected chi connectivity index (χ2v) is 3.89. The molecule has 0 saturated carbocycles. The monoisotopic (exact) mass is 196 g/mol. The fourth-order valence-electron chi connectivity index (χ4n) is 1.11. The van der Waals surface area contributed by atoms with E-state index in [1.165, 1.54) is 6.07 Å². The molecule has 0 fully saturated rings. The summed E-state index contributed by atoms with van der Waals surface area (Å²) in [5.41, 5.74) is -0.0443. The number of rotatable bonds is 2. The summed E-state index contributed by atoms with van der Waals surface area (Å²) in [5.74, 6) is -1.32. The SMILES string of the molecule is Cc1ccc(C(C)(C)C(=O)O)cc1F. The lowest BCUT2D eigenvalue weighted by Gasteiger charge is -2.19. The van der Waals surface area contributed by atoms with Gasteiger partial charge in [-0.2, -0.15) is 0 Å². The summed E-state index contributed by atoms with van der Waals surface area (Å²) in [7, 11) is 0. The van der Waals surface area contributed by atoms with Crippen LogP contribution in [0.25, 0.3) is 0 Å². The van der Waals surface area contributed by atoms with Crippen molar-refractivity contribution in [2.24, 2.45) is 0 Å². The second kappa shape index (κ2) is 3.40. The molecule has 1 rings (SSSR count). The Morgan fingerprint density at radius 2 is 2.00 bits per heavy atom. The molecule has 0 atom stereocenters. The highest BCUT2D eigenvalue weighted by molar-refractivity contribution is 5.80. The molecule has 1 N–H and O–H groups in total. The zero-order valence-electron chi connectivity index (χ0n) is 8.47. The molecule has 14 heavy (non-hydrogen) atoms. The Balaban J connectivity index is 3.21. The van der Waals surface area contributed by atoms with Crippen molar-refractivity contribution in [2.45, 2.75) is 26.2 Å². The molecule has 0 aliphatic rings. The smallest absolute Gasteiger partial charge is 0.313 e. The van der Waals surface area contributed by atoms with E-state index in [0.29, 0.717) is 11.1 Å². The zero-order chi connectivity index (χ0) is 10.9. The molecule has 0 aliphatic heterocycles. The first-order valence-corrected chi connectivity index (χ1v) is 4.35. The van der Waals surface area contributed by atoms with Crippen LogP contribution in [0, 0.1) is 12.7 Å². The average Bonchev–Trinajstić information content (AvgIpc) is 2.09. The van der Waals surface area contributed by atoms with E-state index in [1.54, 1.807) is 32.9 Å². The first kappa shape index (κ1) is 10.7. The van der Waals surface area contributed by atoms with Crippen LogP contribution in [0.1, 0.15) is 25.0 Å². The third-order valence-electron chi connectivity index (χ3n) is 2.43. The maximum absolute atomic E-state index is 13.2. The van der Waals surface area contributed by atoms with Crippen LogP contribution in [0.15, 0.2) is 18.2 Å². The number of hydrogen-bond donors (Lipinski definition) is 1. The average molecular weight is 196 g/mol. The van der Waals surface area contributed by atoms with Gasteiger partial charge in [-0.15, -0.1) is 0 Å². The number of benzene rings is 1. The van der Waals surface area contributed by atoms with E-state index < -0.39 is 11.4 Å². The second-order valence-electron chi connectivity index (χ2n) is 3.89. The van der Waals surface area contributed by atoms with Gasteiger partial charge in [0.25, 0.3) is 0 Å². The van der Waals surface area contributed by atoms with Crippen molar-refractivity contribution in [3.8, 4) is 0 Å². The lowest BCUT2D eigenvalue weighted by atomic mass is 9.84. The molecule has 0 amide bonds. The first-order chi connectivity index (χ1) is 6.35. The lowest BCUT2D eigenvalue weighted by molar-refractivity contribution is -0.142. The van der Waals surface area contributed by atoms with E-state index in [0.717, 1.165) is 0 Å². The topological polar surface area (TPSA) is 37.3 Å². The summed E-state index contributed by atoms with van der Waals surface area (Å²) >= 11 is 0. The van der Waals surface area contributed by atoms with Crippen molar-refractivity contribution in [3.05, 3.63) is 35.1 Å². The molecule has 0 spiro atoms. The minimum Gasteiger partial charge on any atom is -0.481 e. The van der Waals surface area contributed by atoms with E-state index in [1.807, 2.05) is 0 Å². The number of carbonyl (C=O) groups is 1. The van der Waals surface area contributed by atoms with Crippen LogP contribution in [0.4, 0.5) is 4.39 Å². The number of halogens is 1. The van der Waals surface area contributed by atoms with Crippen LogP contribution in [0.2, 0.25) is 0 Å². The number of aryl methyl sites for hydroxylation is 1. The van der Waals surface area contributed by atoms with Gasteiger partial charge in [0.1, 0.15) is 5.82 Å². The van der Waals surface area contributed by atoms with E-state index in [-0.39, 0.29) is 5.82 Å². The molecule has 0 unspecified atom stereocenters. The third-order valence-corrected chi connectivity index (χ3v) is 2.43. The molecule has 0 radical (unpaired) electrons. The minimum atomic E-state index is -1.05. The highest BCUT2D eigenvalue weighted by Crippen LogP contribution is 2.24. The summed E-state index contributed by atoms with van der Waals surface area (Å²) in [6.07, 6.45) is 0. The van der Waals surface area contributed by atoms with Crippen molar-refractivity contribution in [1.29, 1.82) is 0 Å². The summed E-state index contributed by atoms with van der Waals surface area (Å²) in [6.45, 7) is 4.76. The predicted octanol–water partition coefficient (Wildman–Crippen LogP) is 2.50. The Labute approximate surface area is 82.4 Å². The summed E-state index contributed by atoms with van der Waals surface area (Å²) in [6, 6.07) is 4.52. The van der Waals surface area contributed by atoms with Gasteiger partial charge in [0.05, 0.1) is 5.41 Å². The minimum absolute atomic E-state index is 0.364. The van der Waals surface area contributed by atoms with Crippen LogP contribution < -0.4 is 0 Å². The maximum Gasteiger partial charge on any atom is 0.313 e. The number of hydrogen-bond acceptors (Lipinski definition) is 1. The zero-order valence-corrected chi connectivity index (χ0v) is 8.47. The summed E-state index contributed by atoms with van der Waals surface area (Å²) in [5, 5.41) is 8.93. The Morgan fingerprint density at radius 3 is 2.43 bits per heavy atom. The molecule has 1 aromatic rings. The van der Waals surface area contributed by atoms with Crippen LogP contribution in [-0.2, 0) is 10.2 Å². The normalized spacial score (nSPS) is 11.4. The quantitative estimate of drug-likeness (QED) is 0.789. The standard InChI is InChI=1S/C11H13FO2/c1-7-4-5-8(6-9(7)12)11(2,3)10(13)14/h4-6H,1-3H3,(H,13,14). The Bertz CT molecular complexity index is 370. The molecule has 0 aromatic heterocycles. The van der Waals surface area contributed by atoms with E-state index >= 15 is 0 Å². The van der Waals surface area contributed by atoms with Gasteiger partial charge in [-0.25, -0.2) is 4.39 Å². The predicted molar refractivity (Wildman–Crippen MR) is 51.8 cm³/mol. The van der Waals surface area contributed by atoms with Gasteiger partial charge in [0.2, 0.25) is 0 Å². The highest BCUT2D eigenvalue weighted by atomic mass is 19.1. The lowest BCUT2D eigenvalue weighted by Crippen LogP contribution is -2.28. The summed E-state index contributed by atoms with van der Waals surface area (Å²) in [4.78, 5) is 10.9. The molecule has 76 valence electrons. The van der Waals surface area contributed by atoms with Gasteiger partial charge in [0.15, 0.2) is 0 Å². The largest absolute Gasteiger partial charge is 0.481 e. The van der Waals surface area contributed by atoms with Crippen molar-refractivity contribution < 1.29 is 14.3 Å². The van der Waals surface area contributed by atoms with Gasteiger partial charge in [-0.1, -0.05) is 12.1 Å². The molecule has 2 nitrogen and oxygen atoms in total.